The van der Waals surface area contributed by atoms with E-state index in [2.05, 4.69) is 15.1 Å². The van der Waals surface area contributed by atoms with E-state index < -0.39 is 0 Å². The van der Waals surface area contributed by atoms with Crippen molar-refractivity contribution in [3.05, 3.63) is 69.6 Å². The third-order valence-electron chi connectivity index (χ3n) is 3.83. The Morgan fingerprint density at radius 1 is 0.962 bits per heavy atom. The van der Waals surface area contributed by atoms with Crippen LogP contribution < -0.4 is 4.74 Å². The maximum absolute atomic E-state index is 6.23. The average molecular weight is 406 g/mol. The molecule has 0 atom stereocenters. The first-order valence-electron chi connectivity index (χ1n) is 7.61. The molecule has 2 heterocycles. The SMILES string of the molecule is Cc1ccc(-n2ncc3c(Oc4ccc(Cl)cc4Cl)ncnc32)cc1Cl. The van der Waals surface area contributed by atoms with E-state index in [9.17, 15) is 0 Å². The Morgan fingerprint density at radius 2 is 1.81 bits per heavy atom. The Morgan fingerprint density at radius 3 is 2.58 bits per heavy atom. The lowest BCUT2D eigenvalue weighted by Gasteiger charge is -2.08. The molecule has 4 rings (SSSR count). The zero-order valence-electron chi connectivity index (χ0n) is 13.4. The molecular formula is C18H11Cl3N4O. The van der Waals surface area contributed by atoms with E-state index >= 15 is 0 Å². The molecule has 0 N–H and O–H groups in total. The summed E-state index contributed by atoms with van der Waals surface area (Å²) in [4.78, 5) is 8.52. The molecule has 4 aromatic rings. The summed E-state index contributed by atoms with van der Waals surface area (Å²) in [6.07, 6.45) is 3.05. The normalized spacial score (nSPS) is 11.1. The van der Waals surface area contributed by atoms with Crippen LogP contribution in [0.15, 0.2) is 48.9 Å². The van der Waals surface area contributed by atoms with Crippen molar-refractivity contribution in [1.29, 1.82) is 0 Å². The van der Waals surface area contributed by atoms with Gasteiger partial charge in [0.1, 0.15) is 17.5 Å². The first-order chi connectivity index (χ1) is 12.5. The molecule has 0 aliphatic carbocycles. The lowest BCUT2D eigenvalue weighted by molar-refractivity contribution is 0.468. The van der Waals surface area contributed by atoms with Crippen LogP contribution in [0.4, 0.5) is 0 Å². The van der Waals surface area contributed by atoms with Gasteiger partial charge >= 0.3 is 0 Å². The van der Waals surface area contributed by atoms with Gasteiger partial charge in [-0.15, -0.1) is 0 Å². The highest BCUT2D eigenvalue weighted by molar-refractivity contribution is 6.35. The fraction of sp³-hybridized carbons (Fsp3) is 0.0556. The van der Waals surface area contributed by atoms with Crippen molar-refractivity contribution >= 4 is 45.8 Å². The monoisotopic (exact) mass is 404 g/mol. The minimum atomic E-state index is 0.351. The van der Waals surface area contributed by atoms with Gasteiger partial charge in [-0.2, -0.15) is 5.10 Å². The highest BCUT2D eigenvalue weighted by Gasteiger charge is 2.14. The van der Waals surface area contributed by atoms with Gasteiger partial charge in [-0.3, -0.25) is 0 Å². The molecule has 0 aliphatic rings. The third kappa shape index (κ3) is 3.09. The molecule has 2 aromatic heterocycles. The molecule has 0 spiro atoms. The van der Waals surface area contributed by atoms with Crippen LogP contribution in [0, 0.1) is 6.92 Å². The second kappa shape index (κ2) is 6.76. The summed E-state index contributed by atoms with van der Waals surface area (Å²) in [5.74, 6) is 0.797. The van der Waals surface area contributed by atoms with Gasteiger partial charge in [-0.1, -0.05) is 40.9 Å². The number of aryl methyl sites for hydroxylation is 1. The third-order valence-corrected chi connectivity index (χ3v) is 4.77. The predicted molar refractivity (Wildman–Crippen MR) is 103 cm³/mol. The van der Waals surface area contributed by atoms with E-state index in [1.54, 1.807) is 29.1 Å². The van der Waals surface area contributed by atoms with Crippen molar-refractivity contribution in [1.82, 2.24) is 19.7 Å². The number of hydrogen-bond acceptors (Lipinski definition) is 4. The second-order valence-electron chi connectivity index (χ2n) is 5.58. The molecule has 5 nitrogen and oxygen atoms in total. The highest BCUT2D eigenvalue weighted by Crippen LogP contribution is 2.33. The average Bonchev–Trinajstić information content (AvgIpc) is 3.05. The lowest BCUT2D eigenvalue weighted by Crippen LogP contribution is -1.99. The van der Waals surface area contributed by atoms with E-state index in [4.69, 9.17) is 39.5 Å². The molecule has 0 fully saturated rings. The van der Waals surface area contributed by atoms with Gasteiger partial charge in [0.25, 0.3) is 0 Å². The van der Waals surface area contributed by atoms with Crippen LogP contribution in [0.1, 0.15) is 5.56 Å². The van der Waals surface area contributed by atoms with E-state index in [-0.39, 0.29) is 0 Å². The van der Waals surface area contributed by atoms with Crippen LogP contribution in [-0.2, 0) is 0 Å². The lowest BCUT2D eigenvalue weighted by atomic mass is 10.2. The number of benzene rings is 2. The Hall–Kier alpha value is -2.34. The number of hydrogen-bond donors (Lipinski definition) is 0. The maximum atomic E-state index is 6.23. The van der Waals surface area contributed by atoms with Crippen molar-refractivity contribution in [2.24, 2.45) is 0 Å². The zero-order chi connectivity index (χ0) is 18.3. The van der Waals surface area contributed by atoms with Crippen LogP contribution in [0.5, 0.6) is 11.6 Å². The van der Waals surface area contributed by atoms with Crippen LogP contribution in [0.3, 0.4) is 0 Å². The van der Waals surface area contributed by atoms with E-state index in [1.807, 2.05) is 25.1 Å². The molecule has 26 heavy (non-hydrogen) atoms. The van der Waals surface area contributed by atoms with Crippen molar-refractivity contribution in [2.45, 2.75) is 6.92 Å². The number of aromatic nitrogens is 4. The smallest absolute Gasteiger partial charge is 0.233 e. The van der Waals surface area contributed by atoms with Crippen molar-refractivity contribution in [2.75, 3.05) is 0 Å². The molecular weight excluding hydrogens is 395 g/mol. The first kappa shape index (κ1) is 17.1. The molecule has 0 saturated heterocycles. The minimum Gasteiger partial charge on any atom is -0.437 e. The quantitative estimate of drug-likeness (QED) is 0.427. The minimum absolute atomic E-state index is 0.351. The first-order valence-corrected chi connectivity index (χ1v) is 8.74. The van der Waals surface area contributed by atoms with Gasteiger partial charge < -0.3 is 4.74 Å². The van der Waals surface area contributed by atoms with E-state index in [0.717, 1.165) is 11.3 Å². The summed E-state index contributed by atoms with van der Waals surface area (Å²) in [6, 6.07) is 10.7. The summed E-state index contributed by atoms with van der Waals surface area (Å²) in [5.41, 5.74) is 2.38. The maximum Gasteiger partial charge on any atom is 0.233 e. The van der Waals surface area contributed by atoms with Gasteiger partial charge in [-0.05, 0) is 42.8 Å². The fourth-order valence-corrected chi connectivity index (χ4v) is 3.09. The van der Waals surface area contributed by atoms with Gasteiger partial charge in [0, 0.05) is 10.0 Å². The molecule has 0 radical (unpaired) electrons. The topological polar surface area (TPSA) is 52.8 Å². The van der Waals surface area contributed by atoms with E-state index in [1.165, 1.54) is 6.33 Å². The summed E-state index contributed by atoms with van der Waals surface area (Å²) in [5, 5.41) is 6.62. The standard InChI is InChI=1S/C18H11Cl3N4O/c1-10-2-4-12(7-14(10)20)25-17-13(8-24-25)18(23-9-22-17)26-16-5-3-11(19)6-15(16)21/h2-9H,1H3. The number of fused-ring (bicyclic) bond motifs is 1. The largest absolute Gasteiger partial charge is 0.437 e. The molecule has 8 heteroatoms. The van der Waals surface area contributed by atoms with Crippen LogP contribution >= 0.6 is 34.8 Å². The second-order valence-corrected chi connectivity index (χ2v) is 6.83. The molecule has 0 bridgehead atoms. The predicted octanol–water partition coefficient (Wildman–Crippen LogP) is 5.88. The molecule has 0 saturated carbocycles. The summed E-state index contributed by atoms with van der Waals surface area (Å²) < 4.78 is 7.53. The zero-order valence-corrected chi connectivity index (χ0v) is 15.7. The highest BCUT2D eigenvalue weighted by atomic mass is 35.5. The summed E-state index contributed by atoms with van der Waals surface area (Å²) in [7, 11) is 0. The molecule has 0 amide bonds. The van der Waals surface area contributed by atoms with Gasteiger partial charge in [0.05, 0.1) is 16.9 Å². The molecule has 0 unspecified atom stereocenters. The van der Waals surface area contributed by atoms with Gasteiger partial charge in [0.2, 0.25) is 5.88 Å². The number of halogens is 3. The van der Waals surface area contributed by atoms with Crippen molar-refractivity contribution in [3.63, 3.8) is 0 Å². The number of ether oxygens (including phenoxy) is 1. The van der Waals surface area contributed by atoms with Crippen molar-refractivity contribution in [3.8, 4) is 17.3 Å². The summed E-state index contributed by atoms with van der Waals surface area (Å²) >= 11 is 18.3. The van der Waals surface area contributed by atoms with Gasteiger partial charge in [-0.25, -0.2) is 14.6 Å². The molecule has 130 valence electrons. The Kier molecular flexibility index (Phi) is 4.44. The number of rotatable bonds is 3. The number of nitrogens with zero attached hydrogens (tertiary/aromatic N) is 4. The van der Waals surface area contributed by atoms with Crippen LogP contribution in [-0.4, -0.2) is 19.7 Å². The van der Waals surface area contributed by atoms with Crippen LogP contribution in [0.25, 0.3) is 16.7 Å². The Labute approximate surface area is 164 Å². The van der Waals surface area contributed by atoms with E-state index in [0.29, 0.717) is 37.7 Å². The Balaban J connectivity index is 1.78. The fourth-order valence-electron chi connectivity index (χ4n) is 2.47. The Bertz CT molecular complexity index is 1130. The van der Waals surface area contributed by atoms with Crippen LogP contribution in [0.2, 0.25) is 15.1 Å². The molecule has 0 aliphatic heterocycles. The summed E-state index contributed by atoms with van der Waals surface area (Å²) in [6.45, 7) is 1.94. The van der Waals surface area contributed by atoms with Crippen molar-refractivity contribution < 1.29 is 4.74 Å². The molecule has 2 aromatic carbocycles. The van der Waals surface area contributed by atoms with Gasteiger partial charge in [0.15, 0.2) is 5.65 Å².